The summed E-state index contributed by atoms with van der Waals surface area (Å²) < 4.78 is 14.1. The second-order valence-corrected chi connectivity index (χ2v) is 6.41. The third kappa shape index (κ3) is 5.23. The average molecular weight is 308 g/mol. The van der Waals surface area contributed by atoms with Gasteiger partial charge < -0.3 is 20.0 Å². The molecule has 124 valence electrons. The second kappa shape index (κ2) is 8.46. The van der Waals surface area contributed by atoms with Gasteiger partial charge in [-0.15, -0.1) is 0 Å². The summed E-state index contributed by atoms with van der Waals surface area (Å²) in [6.07, 6.45) is 1.12. The maximum absolute atomic E-state index is 14.1. The molecule has 1 saturated heterocycles. The number of benzene rings is 1. The Labute approximate surface area is 133 Å². The average Bonchev–Trinajstić information content (AvgIpc) is 2.49. The second-order valence-electron chi connectivity index (χ2n) is 6.41. The van der Waals surface area contributed by atoms with Crippen molar-refractivity contribution in [3.8, 4) is 0 Å². The fourth-order valence-electron chi connectivity index (χ4n) is 2.71. The molecule has 0 aliphatic carbocycles. The van der Waals surface area contributed by atoms with Crippen molar-refractivity contribution in [2.45, 2.75) is 13.0 Å². The first-order valence-electron chi connectivity index (χ1n) is 8.13. The third-order valence-electron chi connectivity index (χ3n) is 4.14. The highest BCUT2D eigenvalue weighted by Crippen LogP contribution is 2.22. The highest BCUT2D eigenvalue weighted by atomic mass is 19.1. The number of anilines is 1. The molecular weight excluding hydrogens is 279 g/mol. The van der Waals surface area contributed by atoms with E-state index < -0.39 is 0 Å². The van der Waals surface area contributed by atoms with E-state index in [1.165, 1.54) is 0 Å². The minimum absolute atomic E-state index is 0.110. The van der Waals surface area contributed by atoms with Gasteiger partial charge in [0.2, 0.25) is 0 Å². The van der Waals surface area contributed by atoms with Crippen LogP contribution in [0.3, 0.4) is 0 Å². The van der Waals surface area contributed by atoms with E-state index in [1.807, 2.05) is 12.1 Å². The molecule has 4 nitrogen and oxygen atoms in total. The normalized spacial score (nSPS) is 16.5. The fraction of sp³-hybridized carbons (Fsp3) is 0.647. The standard InChI is InChI=1S/C17H29FN4/c1-20(2)8-4-7-19-14-15-5-6-16(18)17(13-15)22-11-9-21(3)10-12-22/h5-6,13,19H,4,7-12,14H2,1-3H3. The quantitative estimate of drug-likeness (QED) is 0.773. The summed E-state index contributed by atoms with van der Waals surface area (Å²) in [5, 5.41) is 3.44. The first kappa shape index (κ1) is 17.2. The molecule has 1 heterocycles. The fourth-order valence-corrected chi connectivity index (χ4v) is 2.71. The summed E-state index contributed by atoms with van der Waals surface area (Å²) in [5.41, 5.74) is 1.90. The maximum Gasteiger partial charge on any atom is 0.146 e. The Kier molecular flexibility index (Phi) is 6.61. The molecule has 0 radical (unpaired) electrons. The van der Waals surface area contributed by atoms with Crippen molar-refractivity contribution < 1.29 is 4.39 Å². The Hall–Kier alpha value is -1.17. The van der Waals surface area contributed by atoms with Crippen LogP contribution in [0.2, 0.25) is 0 Å². The number of nitrogens with zero attached hydrogens (tertiary/aromatic N) is 3. The van der Waals surface area contributed by atoms with Crippen LogP contribution >= 0.6 is 0 Å². The number of hydrogen-bond donors (Lipinski definition) is 1. The van der Waals surface area contributed by atoms with E-state index in [4.69, 9.17) is 0 Å². The molecule has 1 aromatic rings. The van der Waals surface area contributed by atoms with Gasteiger partial charge in [0.15, 0.2) is 0 Å². The van der Waals surface area contributed by atoms with Crippen LogP contribution in [0.15, 0.2) is 18.2 Å². The summed E-state index contributed by atoms with van der Waals surface area (Å²) >= 11 is 0. The molecule has 0 bridgehead atoms. The highest BCUT2D eigenvalue weighted by Gasteiger charge is 2.17. The zero-order valence-corrected chi connectivity index (χ0v) is 14.1. The van der Waals surface area contributed by atoms with Crippen molar-refractivity contribution in [1.29, 1.82) is 0 Å². The van der Waals surface area contributed by atoms with Crippen molar-refractivity contribution in [3.63, 3.8) is 0 Å². The molecule has 1 aromatic carbocycles. The molecule has 0 amide bonds. The lowest BCUT2D eigenvalue weighted by atomic mass is 10.1. The van der Waals surface area contributed by atoms with E-state index in [-0.39, 0.29) is 5.82 Å². The number of nitrogens with one attached hydrogen (secondary N) is 1. The molecule has 0 saturated carbocycles. The van der Waals surface area contributed by atoms with Crippen LogP contribution < -0.4 is 10.2 Å². The lowest BCUT2D eigenvalue weighted by Gasteiger charge is -2.34. The van der Waals surface area contributed by atoms with E-state index in [0.717, 1.165) is 63.5 Å². The van der Waals surface area contributed by atoms with Gasteiger partial charge in [-0.1, -0.05) is 6.07 Å². The van der Waals surface area contributed by atoms with Crippen LogP contribution in [0.1, 0.15) is 12.0 Å². The predicted octanol–water partition coefficient (Wildman–Crippen LogP) is 1.62. The number of hydrogen-bond acceptors (Lipinski definition) is 4. The largest absolute Gasteiger partial charge is 0.367 e. The highest BCUT2D eigenvalue weighted by molar-refractivity contribution is 5.50. The maximum atomic E-state index is 14.1. The molecule has 1 aliphatic rings. The van der Waals surface area contributed by atoms with E-state index in [9.17, 15) is 4.39 Å². The Morgan fingerprint density at radius 3 is 2.59 bits per heavy atom. The number of rotatable bonds is 7. The molecule has 0 spiro atoms. The summed E-state index contributed by atoms with van der Waals surface area (Å²) in [4.78, 5) is 6.63. The molecule has 5 heteroatoms. The van der Waals surface area contributed by atoms with E-state index in [1.54, 1.807) is 6.07 Å². The Morgan fingerprint density at radius 2 is 1.91 bits per heavy atom. The van der Waals surface area contributed by atoms with Gasteiger partial charge in [0, 0.05) is 32.7 Å². The summed E-state index contributed by atoms with van der Waals surface area (Å²) in [5.74, 6) is -0.110. The smallest absolute Gasteiger partial charge is 0.146 e. The number of halogens is 1. The van der Waals surface area contributed by atoms with Crippen LogP contribution in [0.25, 0.3) is 0 Å². The Balaban J connectivity index is 1.87. The Bertz CT molecular complexity index is 456. The van der Waals surface area contributed by atoms with Gasteiger partial charge >= 0.3 is 0 Å². The summed E-state index contributed by atoms with van der Waals surface area (Å²) in [7, 11) is 6.28. The number of likely N-dealkylation sites (N-methyl/N-ethyl adjacent to an activating group) is 1. The zero-order chi connectivity index (χ0) is 15.9. The topological polar surface area (TPSA) is 21.8 Å². The predicted molar refractivity (Wildman–Crippen MR) is 91.0 cm³/mol. The van der Waals surface area contributed by atoms with Gasteiger partial charge in [-0.25, -0.2) is 4.39 Å². The van der Waals surface area contributed by atoms with E-state index >= 15 is 0 Å². The monoisotopic (exact) mass is 308 g/mol. The molecule has 1 fully saturated rings. The molecule has 1 aliphatic heterocycles. The van der Waals surface area contributed by atoms with Crippen molar-refractivity contribution >= 4 is 5.69 Å². The molecular formula is C17H29FN4. The third-order valence-corrected chi connectivity index (χ3v) is 4.14. The first-order chi connectivity index (χ1) is 10.6. The van der Waals surface area contributed by atoms with E-state index in [2.05, 4.69) is 41.2 Å². The molecule has 0 unspecified atom stereocenters. The van der Waals surface area contributed by atoms with Crippen molar-refractivity contribution in [3.05, 3.63) is 29.6 Å². The molecule has 1 N–H and O–H groups in total. The van der Waals surface area contributed by atoms with Gasteiger partial charge in [0.1, 0.15) is 5.82 Å². The van der Waals surface area contributed by atoms with Crippen LogP contribution in [-0.4, -0.2) is 70.2 Å². The molecule has 2 rings (SSSR count). The van der Waals surface area contributed by atoms with Gasteiger partial charge in [-0.05, 0) is 58.3 Å². The van der Waals surface area contributed by atoms with Gasteiger partial charge in [0.25, 0.3) is 0 Å². The Morgan fingerprint density at radius 1 is 1.18 bits per heavy atom. The minimum Gasteiger partial charge on any atom is -0.367 e. The molecule has 0 atom stereocenters. The van der Waals surface area contributed by atoms with Crippen molar-refractivity contribution in [1.82, 2.24) is 15.1 Å². The van der Waals surface area contributed by atoms with Crippen LogP contribution in [0.4, 0.5) is 10.1 Å². The van der Waals surface area contributed by atoms with Gasteiger partial charge in [0.05, 0.1) is 5.69 Å². The van der Waals surface area contributed by atoms with Crippen molar-refractivity contribution in [2.75, 3.05) is 65.3 Å². The lowest BCUT2D eigenvalue weighted by Crippen LogP contribution is -2.44. The van der Waals surface area contributed by atoms with Crippen LogP contribution in [0.5, 0.6) is 0 Å². The SMILES string of the molecule is CN(C)CCCNCc1ccc(F)c(N2CCN(C)CC2)c1. The summed E-state index contributed by atoms with van der Waals surface area (Å²) in [6, 6.07) is 5.48. The number of piperazine rings is 1. The first-order valence-corrected chi connectivity index (χ1v) is 8.13. The zero-order valence-electron chi connectivity index (χ0n) is 14.1. The van der Waals surface area contributed by atoms with Gasteiger partial charge in [-0.3, -0.25) is 0 Å². The molecule has 22 heavy (non-hydrogen) atoms. The molecule has 0 aromatic heterocycles. The van der Waals surface area contributed by atoms with Gasteiger partial charge in [-0.2, -0.15) is 0 Å². The van der Waals surface area contributed by atoms with Crippen LogP contribution in [-0.2, 0) is 6.54 Å². The summed E-state index contributed by atoms with van der Waals surface area (Å²) in [6.45, 7) is 6.65. The van der Waals surface area contributed by atoms with Crippen molar-refractivity contribution in [2.24, 2.45) is 0 Å². The van der Waals surface area contributed by atoms with E-state index in [0.29, 0.717) is 0 Å². The van der Waals surface area contributed by atoms with Crippen LogP contribution in [0, 0.1) is 5.82 Å². The minimum atomic E-state index is -0.110. The lowest BCUT2D eigenvalue weighted by molar-refractivity contribution is 0.311.